The summed E-state index contributed by atoms with van der Waals surface area (Å²) in [7, 11) is 1.57. The molecule has 0 aromatic heterocycles. The Kier molecular flexibility index (Phi) is 15.8. The summed E-state index contributed by atoms with van der Waals surface area (Å²) in [5.41, 5.74) is 0. The Hall–Kier alpha value is -0.690. The van der Waals surface area contributed by atoms with Crippen molar-refractivity contribution in [3.05, 3.63) is 0 Å². The van der Waals surface area contributed by atoms with Crippen LogP contribution in [0.2, 0.25) is 0 Å². The number of hydrogen-bond acceptors (Lipinski definition) is 6. The molecule has 0 fully saturated rings. The number of aliphatic hydroxyl groups is 2. The van der Waals surface area contributed by atoms with E-state index in [4.69, 9.17) is 19.7 Å². The van der Waals surface area contributed by atoms with Crippen LogP contribution in [0.15, 0.2) is 0 Å². The molecule has 1 unspecified atom stereocenters. The highest BCUT2D eigenvalue weighted by molar-refractivity contribution is 5.66. The number of carbonyl (C=O) groups excluding carboxylic acids is 1. The summed E-state index contributed by atoms with van der Waals surface area (Å²) in [6, 6.07) is 0. The third kappa shape index (κ3) is 19.0. The van der Waals surface area contributed by atoms with Crippen LogP contribution in [0.5, 0.6) is 0 Å². The molecule has 0 aliphatic heterocycles. The average Bonchev–Trinajstić information content (AvgIpc) is 2.18. The molecule has 0 aromatic carbocycles. The van der Waals surface area contributed by atoms with E-state index in [0.29, 0.717) is 19.8 Å². The lowest BCUT2D eigenvalue weighted by atomic mass is 10.4. The molecule has 0 aliphatic carbocycles. The van der Waals surface area contributed by atoms with Gasteiger partial charge in [-0.1, -0.05) is 0 Å². The van der Waals surface area contributed by atoms with Crippen molar-refractivity contribution in [2.24, 2.45) is 0 Å². The molecule has 0 saturated heterocycles. The molecule has 0 rings (SSSR count). The van der Waals surface area contributed by atoms with Crippen molar-refractivity contribution < 1.29 is 29.2 Å². The van der Waals surface area contributed by atoms with Crippen molar-refractivity contribution >= 4 is 5.97 Å². The van der Waals surface area contributed by atoms with E-state index < -0.39 is 0 Å². The first-order valence-electron chi connectivity index (χ1n) is 5.04. The van der Waals surface area contributed by atoms with Crippen molar-refractivity contribution in [1.82, 2.24) is 0 Å². The van der Waals surface area contributed by atoms with E-state index in [1.165, 1.54) is 6.92 Å². The van der Waals surface area contributed by atoms with Gasteiger partial charge in [-0.2, -0.15) is 0 Å². The lowest BCUT2D eigenvalue weighted by Gasteiger charge is -2.08. The molecule has 0 radical (unpaired) electrons. The normalized spacial score (nSPS) is 11.3. The first-order valence-corrected chi connectivity index (χ1v) is 5.04. The van der Waals surface area contributed by atoms with Crippen LogP contribution in [0.4, 0.5) is 0 Å². The highest BCUT2D eigenvalue weighted by Crippen LogP contribution is 1.90. The Morgan fingerprint density at radius 1 is 1.25 bits per heavy atom. The van der Waals surface area contributed by atoms with Gasteiger partial charge in [0.1, 0.15) is 6.10 Å². The summed E-state index contributed by atoms with van der Waals surface area (Å²) in [5.74, 6) is -0.264. The largest absolute Gasteiger partial charge is 0.460 e. The van der Waals surface area contributed by atoms with E-state index in [9.17, 15) is 4.79 Å². The van der Waals surface area contributed by atoms with Gasteiger partial charge in [-0.05, 0) is 6.92 Å². The third-order valence-electron chi connectivity index (χ3n) is 1.24. The topological polar surface area (TPSA) is 85.2 Å². The third-order valence-corrected chi connectivity index (χ3v) is 1.24. The van der Waals surface area contributed by atoms with E-state index in [1.54, 1.807) is 14.0 Å². The first kappa shape index (κ1) is 17.7. The Labute approximate surface area is 96.1 Å². The van der Waals surface area contributed by atoms with Crippen LogP contribution in [0.25, 0.3) is 0 Å². The average molecular weight is 238 g/mol. The van der Waals surface area contributed by atoms with Gasteiger partial charge in [0.25, 0.3) is 0 Å². The fourth-order valence-corrected chi connectivity index (χ4v) is 0.783. The van der Waals surface area contributed by atoms with Crippen molar-refractivity contribution in [3.8, 4) is 0 Å². The van der Waals surface area contributed by atoms with Gasteiger partial charge in [0.2, 0.25) is 0 Å². The lowest BCUT2D eigenvalue weighted by Crippen LogP contribution is -2.17. The molecule has 0 aromatic rings. The van der Waals surface area contributed by atoms with Crippen LogP contribution in [-0.2, 0) is 19.0 Å². The van der Waals surface area contributed by atoms with Gasteiger partial charge in [-0.15, -0.1) is 0 Å². The molecule has 0 spiro atoms. The van der Waals surface area contributed by atoms with Crippen LogP contribution in [0.1, 0.15) is 13.8 Å². The fourth-order valence-electron chi connectivity index (χ4n) is 0.783. The minimum Gasteiger partial charge on any atom is -0.460 e. The molecule has 0 bridgehead atoms. The van der Waals surface area contributed by atoms with Crippen molar-refractivity contribution in [2.45, 2.75) is 20.0 Å². The summed E-state index contributed by atoms with van der Waals surface area (Å²) in [6.45, 7) is 4.32. The first-order chi connectivity index (χ1) is 7.58. The molecule has 2 N–H and O–H groups in total. The molecular formula is C10H22O6. The second-order valence-corrected chi connectivity index (χ2v) is 2.93. The second kappa shape index (κ2) is 14.3. The van der Waals surface area contributed by atoms with Gasteiger partial charge in [0.05, 0.1) is 33.0 Å². The highest BCUT2D eigenvalue weighted by atomic mass is 16.6. The number of rotatable bonds is 7. The maximum absolute atomic E-state index is 10.3. The summed E-state index contributed by atoms with van der Waals surface area (Å²) in [4.78, 5) is 10.3. The number of hydrogen-bond donors (Lipinski definition) is 2. The second-order valence-electron chi connectivity index (χ2n) is 2.93. The number of carbonyl (C=O) groups is 1. The van der Waals surface area contributed by atoms with E-state index in [1.807, 2.05) is 0 Å². The molecule has 6 nitrogen and oxygen atoms in total. The zero-order chi connectivity index (χ0) is 12.8. The molecule has 98 valence electrons. The van der Waals surface area contributed by atoms with Crippen LogP contribution >= 0.6 is 0 Å². The van der Waals surface area contributed by atoms with Crippen molar-refractivity contribution in [3.63, 3.8) is 0 Å². The summed E-state index contributed by atoms with van der Waals surface area (Å²) in [6.07, 6.45) is -0.132. The van der Waals surface area contributed by atoms with Crippen LogP contribution in [-0.4, -0.2) is 62.4 Å². The quantitative estimate of drug-likeness (QED) is 0.462. The Bertz CT molecular complexity index is 146. The summed E-state index contributed by atoms with van der Waals surface area (Å²) >= 11 is 0. The molecule has 0 amide bonds. The maximum Gasteiger partial charge on any atom is 0.302 e. The highest BCUT2D eigenvalue weighted by Gasteiger charge is 2.02. The molecule has 0 saturated carbocycles. The van der Waals surface area contributed by atoms with Crippen molar-refractivity contribution in [1.29, 1.82) is 0 Å². The number of aliphatic hydroxyl groups excluding tert-OH is 2. The SMILES string of the molecule is COCC(C)OC(C)=O.OCCOCCO. The predicted octanol–water partition coefficient (Wildman–Crippen LogP) is -0.428. The Morgan fingerprint density at radius 2 is 1.75 bits per heavy atom. The van der Waals surface area contributed by atoms with E-state index in [0.717, 1.165) is 0 Å². The van der Waals surface area contributed by atoms with E-state index in [-0.39, 0.29) is 25.3 Å². The maximum atomic E-state index is 10.3. The fraction of sp³-hybridized carbons (Fsp3) is 0.900. The van der Waals surface area contributed by atoms with Crippen LogP contribution in [0.3, 0.4) is 0 Å². The van der Waals surface area contributed by atoms with Crippen LogP contribution in [0, 0.1) is 0 Å². The van der Waals surface area contributed by atoms with Gasteiger partial charge in [0, 0.05) is 14.0 Å². The standard InChI is InChI=1S/C6H12O3.C4H10O3/c1-5(4-8-3)9-6(2)7;5-1-3-7-4-2-6/h5H,4H2,1-3H3;5-6H,1-4H2. The zero-order valence-electron chi connectivity index (χ0n) is 10.1. The van der Waals surface area contributed by atoms with Crippen LogP contribution < -0.4 is 0 Å². The summed E-state index contributed by atoms with van der Waals surface area (Å²) in [5, 5.41) is 16.2. The molecule has 1 atom stereocenters. The molecule has 0 aliphatic rings. The molecular weight excluding hydrogens is 216 g/mol. The Balaban J connectivity index is 0. The van der Waals surface area contributed by atoms with Gasteiger partial charge in [-0.3, -0.25) is 4.79 Å². The van der Waals surface area contributed by atoms with E-state index in [2.05, 4.69) is 4.74 Å². The van der Waals surface area contributed by atoms with Gasteiger partial charge < -0.3 is 24.4 Å². The minimum atomic E-state index is -0.264. The van der Waals surface area contributed by atoms with Gasteiger partial charge in [0.15, 0.2) is 0 Å². The lowest BCUT2D eigenvalue weighted by molar-refractivity contribution is -0.147. The zero-order valence-corrected chi connectivity index (χ0v) is 10.1. The molecule has 16 heavy (non-hydrogen) atoms. The predicted molar refractivity (Wildman–Crippen MR) is 58.1 cm³/mol. The molecule has 6 heteroatoms. The Morgan fingerprint density at radius 3 is 2.06 bits per heavy atom. The minimum absolute atomic E-state index is 0.0278. The monoisotopic (exact) mass is 238 g/mol. The number of methoxy groups -OCH3 is 1. The summed E-state index contributed by atoms with van der Waals surface area (Å²) < 4.78 is 14.1. The molecule has 0 heterocycles. The van der Waals surface area contributed by atoms with Gasteiger partial charge in [-0.25, -0.2) is 0 Å². The smallest absolute Gasteiger partial charge is 0.302 e. The van der Waals surface area contributed by atoms with E-state index >= 15 is 0 Å². The van der Waals surface area contributed by atoms with Crippen molar-refractivity contribution in [2.75, 3.05) is 40.1 Å². The number of ether oxygens (including phenoxy) is 3. The number of esters is 1. The van der Waals surface area contributed by atoms with Gasteiger partial charge >= 0.3 is 5.97 Å².